The molecule has 0 bridgehead atoms. The van der Waals surface area contributed by atoms with E-state index in [2.05, 4.69) is 20.2 Å². The Morgan fingerprint density at radius 3 is 2.68 bits per heavy atom. The fraction of sp³-hybridized carbons (Fsp3) is 0.267. The molecule has 22 heavy (non-hydrogen) atoms. The highest BCUT2D eigenvalue weighted by atomic mass is 35.5. The Kier molecular flexibility index (Phi) is 4.57. The topological polar surface area (TPSA) is 58.1 Å². The lowest BCUT2D eigenvalue weighted by Gasteiger charge is -2.32. The third-order valence-electron chi connectivity index (χ3n) is 3.50. The molecule has 2 heterocycles. The van der Waals surface area contributed by atoms with Gasteiger partial charge in [-0.25, -0.2) is 9.97 Å². The molecule has 7 heteroatoms. The van der Waals surface area contributed by atoms with Crippen LogP contribution in [0, 0.1) is 0 Å². The molecule has 0 aliphatic carbocycles. The molecule has 1 aromatic carbocycles. The summed E-state index contributed by atoms with van der Waals surface area (Å²) in [6, 6.07) is 7.01. The first kappa shape index (κ1) is 15.2. The first-order valence-corrected chi connectivity index (χ1v) is 7.63. The standard InChI is InChI=1S/C15H14Cl2N4O/c16-11-3-10(4-12(17)5-11)14-6-15(20-9-19-14)21-2-1-18-13(7-21)8-22/h3-6,8-9,13,18H,1-2,7H2. The van der Waals surface area contributed by atoms with E-state index in [1.807, 2.05) is 18.2 Å². The van der Waals surface area contributed by atoms with Crippen molar-refractivity contribution in [2.45, 2.75) is 6.04 Å². The first-order chi connectivity index (χ1) is 10.7. The molecule has 1 atom stereocenters. The van der Waals surface area contributed by atoms with E-state index in [1.165, 1.54) is 6.33 Å². The highest BCUT2D eigenvalue weighted by Crippen LogP contribution is 2.27. The number of anilines is 1. The summed E-state index contributed by atoms with van der Waals surface area (Å²) < 4.78 is 0. The quantitative estimate of drug-likeness (QED) is 0.872. The molecule has 1 aliphatic rings. The molecule has 1 saturated heterocycles. The van der Waals surface area contributed by atoms with Crippen LogP contribution in [0.1, 0.15) is 0 Å². The number of halogens is 2. The Balaban J connectivity index is 1.90. The Morgan fingerprint density at radius 2 is 1.95 bits per heavy atom. The van der Waals surface area contributed by atoms with Gasteiger partial charge in [0.25, 0.3) is 0 Å². The van der Waals surface area contributed by atoms with E-state index in [0.717, 1.165) is 36.5 Å². The van der Waals surface area contributed by atoms with Crippen molar-refractivity contribution in [2.75, 3.05) is 24.5 Å². The number of carbonyl (C=O) groups is 1. The maximum absolute atomic E-state index is 10.9. The van der Waals surface area contributed by atoms with E-state index >= 15 is 0 Å². The van der Waals surface area contributed by atoms with Crippen molar-refractivity contribution in [2.24, 2.45) is 0 Å². The zero-order chi connectivity index (χ0) is 15.5. The number of nitrogens with zero attached hydrogens (tertiary/aromatic N) is 3. The van der Waals surface area contributed by atoms with Crippen molar-refractivity contribution in [1.29, 1.82) is 0 Å². The van der Waals surface area contributed by atoms with Gasteiger partial charge in [0, 0.05) is 41.3 Å². The van der Waals surface area contributed by atoms with E-state index in [4.69, 9.17) is 23.2 Å². The number of aldehydes is 1. The Hall–Kier alpha value is -1.69. The summed E-state index contributed by atoms with van der Waals surface area (Å²) in [5, 5.41) is 4.26. The summed E-state index contributed by atoms with van der Waals surface area (Å²) in [6.45, 7) is 2.12. The number of aromatic nitrogens is 2. The smallest absolute Gasteiger partial charge is 0.138 e. The second kappa shape index (κ2) is 6.60. The first-order valence-electron chi connectivity index (χ1n) is 6.88. The average molecular weight is 337 g/mol. The number of benzene rings is 1. The lowest BCUT2D eigenvalue weighted by molar-refractivity contribution is -0.109. The second-order valence-corrected chi connectivity index (χ2v) is 5.94. The third kappa shape index (κ3) is 3.38. The van der Waals surface area contributed by atoms with Crippen molar-refractivity contribution in [3.05, 3.63) is 40.6 Å². The van der Waals surface area contributed by atoms with Gasteiger partial charge in [0.1, 0.15) is 18.4 Å². The maximum atomic E-state index is 10.9. The van der Waals surface area contributed by atoms with Crippen LogP contribution in [-0.4, -0.2) is 41.9 Å². The minimum absolute atomic E-state index is 0.173. The van der Waals surface area contributed by atoms with Gasteiger partial charge in [0.2, 0.25) is 0 Å². The zero-order valence-electron chi connectivity index (χ0n) is 11.7. The van der Waals surface area contributed by atoms with Crippen LogP contribution in [0.5, 0.6) is 0 Å². The fourth-order valence-electron chi connectivity index (χ4n) is 2.46. The monoisotopic (exact) mass is 336 g/mol. The summed E-state index contributed by atoms with van der Waals surface area (Å²) in [7, 11) is 0. The molecule has 3 rings (SSSR count). The van der Waals surface area contributed by atoms with Gasteiger partial charge >= 0.3 is 0 Å². The van der Waals surface area contributed by atoms with E-state index < -0.39 is 0 Å². The van der Waals surface area contributed by atoms with Crippen molar-refractivity contribution < 1.29 is 4.79 Å². The Labute approximate surface area is 138 Å². The van der Waals surface area contributed by atoms with Crippen molar-refractivity contribution >= 4 is 35.3 Å². The molecule has 0 saturated carbocycles. The van der Waals surface area contributed by atoms with Crippen LogP contribution < -0.4 is 10.2 Å². The van der Waals surface area contributed by atoms with E-state index in [-0.39, 0.29) is 6.04 Å². The highest BCUT2D eigenvalue weighted by Gasteiger charge is 2.20. The largest absolute Gasteiger partial charge is 0.353 e. The van der Waals surface area contributed by atoms with Crippen LogP contribution in [-0.2, 0) is 4.79 Å². The normalized spacial score (nSPS) is 18.3. The maximum Gasteiger partial charge on any atom is 0.138 e. The predicted octanol–water partition coefficient (Wildman–Crippen LogP) is 2.43. The van der Waals surface area contributed by atoms with Gasteiger partial charge in [0.05, 0.1) is 11.7 Å². The summed E-state index contributed by atoms with van der Waals surface area (Å²) in [5.41, 5.74) is 1.58. The van der Waals surface area contributed by atoms with Crippen LogP contribution in [0.3, 0.4) is 0 Å². The van der Waals surface area contributed by atoms with Crippen LogP contribution >= 0.6 is 23.2 Å². The minimum Gasteiger partial charge on any atom is -0.353 e. The number of rotatable bonds is 3. The lowest BCUT2D eigenvalue weighted by atomic mass is 10.1. The molecular formula is C15H14Cl2N4O. The lowest BCUT2D eigenvalue weighted by Crippen LogP contribution is -2.51. The highest BCUT2D eigenvalue weighted by molar-refractivity contribution is 6.35. The number of piperazine rings is 1. The molecule has 1 fully saturated rings. The number of hydrogen-bond acceptors (Lipinski definition) is 5. The molecule has 0 amide bonds. The summed E-state index contributed by atoms with van der Waals surface area (Å²) in [4.78, 5) is 21.6. The number of carbonyl (C=O) groups excluding carboxylic acids is 1. The molecule has 1 aromatic heterocycles. The van der Waals surface area contributed by atoms with Crippen molar-refractivity contribution in [3.8, 4) is 11.3 Å². The Bertz CT molecular complexity index is 675. The van der Waals surface area contributed by atoms with Crippen molar-refractivity contribution in [1.82, 2.24) is 15.3 Å². The van der Waals surface area contributed by atoms with E-state index in [0.29, 0.717) is 16.6 Å². The minimum atomic E-state index is -0.173. The van der Waals surface area contributed by atoms with Crippen LogP contribution in [0.2, 0.25) is 10.0 Å². The second-order valence-electron chi connectivity index (χ2n) is 5.06. The summed E-state index contributed by atoms with van der Waals surface area (Å²) in [6.07, 6.45) is 2.43. The third-order valence-corrected chi connectivity index (χ3v) is 3.94. The van der Waals surface area contributed by atoms with Gasteiger partial charge in [-0.05, 0) is 18.2 Å². The van der Waals surface area contributed by atoms with Crippen molar-refractivity contribution in [3.63, 3.8) is 0 Å². The van der Waals surface area contributed by atoms with Crippen LogP contribution in [0.25, 0.3) is 11.3 Å². The molecule has 0 radical (unpaired) electrons. The van der Waals surface area contributed by atoms with Gasteiger partial charge in [-0.3, -0.25) is 0 Å². The zero-order valence-corrected chi connectivity index (χ0v) is 13.2. The van der Waals surface area contributed by atoms with E-state index in [1.54, 1.807) is 6.07 Å². The summed E-state index contributed by atoms with van der Waals surface area (Å²) in [5.74, 6) is 0.787. The molecule has 0 spiro atoms. The predicted molar refractivity (Wildman–Crippen MR) is 87.6 cm³/mol. The molecule has 1 unspecified atom stereocenters. The number of nitrogens with one attached hydrogen (secondary N) is 1. The van der Waals surface area contributed by atoms with Crippen LogP contribution in [0.15, 0.2) is 30.6 Å². The van der Waals surface area contributed by atoms with Crippen LogP contribution in [0.4, 0.5) is 5.82 Å². The van der Waals surface area contributed by atoms with Gasteiger partial charge < -0.3 is 15.0 Å². The molecule has 5 nitrogen and oxygen atoms in total. The fourth-order valence-corrected chi connectivity index (χ4v) is 2.98. The van der Waals surface area contributed by atoms with E-state index in [9.17, 15) is 4.79 Å². The summed E-state index contributed by atoms with van der Waals surface area (Å²) >= 11 is 12.1. The average Bonchev–Trinajstić information content (AvgIpc) is 2.54. The molecule has 2 aromatic rings. The van der Waals surface area contributed by atoms with Gasteiger partial charge in [-0.15, -0.1) is 0 Å². The molecule has 1 aliphatic heterocycles. The molecule has 114 valence electrons. The number of hydrogen-bond donors (Lipinski definition) is 1. The SMILES string of the molecule is O=CC1CN(c2cc(-c3cc(Cl)cc(Cl)c3)ncn2)CCN1. The molecule has 1 N–H and O–H groups in total. The van der Waals surface area contributed by atoms with Gasteiger partial charge in [-0.1, -0.05) is 23.2 Å². The van der Waals surface area contributed by atoms with Gasteiger partial charge in [0.15, 0.2) is 0 Å². The van der Waals surface area contributed by atoms with Gasteiger partial charge in [-0.2, -0.15) is 0 Å². The Morgan fingerprint density at radius 1 is 1.18 bits per heavy atom. The molecular weight excluding hydrogens is 323 g/mol.